The molecule has 15 heavy (non-hydrogen) atoms. The van der Waals surface area contributed by atoms with Gasteiger partial charge in [0.1, 0.15) is 11.5 Å². The van der Waals surface area contributed by atoms with Crippen molar-refractivity contribution in [3.05, 3.63) is 29.8 Å². The van der Waals surface area contributed by atoms with Crippen molar-refractivity contribution in [1.29, 1.82) is 0 Å². The number of phenolic OH excluding ortho intramolecular Hbond substituents is 1. The van der Waals surface area contributed by atoms with Crippen LogP contribution in [0.4, 0.5) is 0 Å². The molecule has 0 aliphatic heterocycles. The topological polar surface area (TPSA) is 63.3 Å². The van der Waals surface area contributed by atoms with Gasteiger partial charge in [-0.1, -0.05) is 19.1 Å². The van der Waals surface area contributed by atoms with E-state index in [1.807, 2.05) is 13.0 Å². The Balaban J connectivity index is 2.65. The van der Waals surface area contributed by atoms with Gasteiger partial charge in [-0.3, -0.25) is 4.79 Å². The van der Waals surface area contributed by atoms with E-state index < -0.39 is 0 Å². The first-order valence-corrected chi connectivity index (χ1v) is 5.18. The third kappa shape index (κ3) is 3.36. The molecule has 0 aliphatic carbocycles. The van der Waals surface area contributed by atoms with Gasteiger partial charge in [-0.05, 0) is 24.1 Å². The maximum Gasteiger partial charge on any atom is 0.141 e. The Bertz CT molecular complexity index is 332. The van der Waals surface area contributed by atoms with E-state index in [1.54, 1.807) is 18.2 Å². The fourth-order valence-corrected chi connectivity index (χ4v) is 1.54. The minimum Gasteiger partial charge on any atom is -0.508 e. The molecule has 1 aromatic carbocycles. The molecule has 0 fully saturated rings. The summed E-state index contributed by atoms with van der Waals surface area (Å²) in [4.78, 5) is 11.7. The lowest BCUT2D eigenvalue weighted by Gasteiger charge is -2.10. The minimum absolute atomic E-state index is 0.0626. The van der Waals surface area contributed by atoms with Gasteiger partial charge < -0.3 is 10.8 Å². The van der Waals surface area contributed by atoms with Crippen LogP contribution >= 0.6 is 0 Å². The average molecular weight is 207 g/mol. The number of rotatable bonds is 5. The number of aromatic hydroxyl groups is 1. The Labute approximate surface area is 89.9 Å². The summed E-state index contributed by atoms with van der Waals surface area (Å²) in [6.45, 7) is 2.35. The first kappa shape index (κ1) is 11.7. The molecule has 3 N–H and O–H groups in total. The molecule has 0 spiro atoms. The maximum absolute atomic E-state index is 11.7. The Morgan fingerprint density at radius 3 is 2.80 bits per heavy atom. The number of Topliss-reactive ketones (excluding diaryl/α,β-unsaturated/α-hetero) is 1. The zero-order valence-electron chi connectivity index (χ0n) is 8.94. The average Bonchev–Trinajstić information content (AvgIpc) is 2.19. The summed E-state index contributed by atoms with van der Waals surface area (Å²) in [7, 11) is 0. The van der Waals surface area contributed by atoms with E-state index in [4.69, 9.17) is 5.73 Å². The van der Waals surface area contributed by atoms with E-state index in [9.17, 15) is 9.90 Å². The lowest BCUT2D eigenvalue weighted by molar-refractivity contribution is -0.122. The monoisotopic (exact) mass is 207 g/mol. The van der Waals surface area contributed by atoms with E-state index in [-0.39, 0.29) is 17.5 Å². The number of carbonyl (C=O) groups is 1. The fraction of sp³-hybridized carbons (Fsp3) is 0.417. The summed E-state index contributed by atoms with van der Waals surface area (Å²) < 4.78 is 0. The molecular formula is C12H17NO2. The number of ketones is 1. The highest BCUT2D eigenvalue weighted by Gasteiger charge is 2.14. The van der Waals surface area contributed by atoms with Gasteiger partial charge in [-0.15, -0.1) is 0 Å². The second kappa shape index (κ2) is 5.51. The van der Waals surface area contributed by atoms with Crippen LogP contribution < -0.4 is 5.73 Å². The number of hydrogen-bond acceptors (Lipinski definition) is 3. The van der Waals surface area contributed by atoms with Crippen molar-refractivity contribution >= 4 is 5.78 Å². The van der Waals surface area contributed by atoms with E-state index in [0.717, 1.165) is 12.0 Å². The van der Waals surface area contributed by atoms with E-state index in [0.29, 0.717) is 13.0 Å². The fourth-order valence-electron chi connectivity index (χ4n) is 1.54. The van der Waals surface area contributed by atoms with Gasteiger partial charge in [0, 0.05) is 18.9 Å². The van der Waals surface area contributed by atoms with Crippen LogP contribution in [0.15, 0.2) is 24.3 Å². The van der Waals surface area contributed by atoms with Crippen molar-refractivity contribution in [3.8, 4) is 5.75 Å². The smallest absolute Gasteiger partial charge is 0.141 e. The molecule has 1 unspecified atom stereocenters. The number of hydrogen-bond donors (Lipinski definition) is 2. The molecule has 1 rings (SSSR count). The molecule has 0 amide bonds. The summed E-state index contributed by atoms with van der Waals surface area (Å²) in [5.41, 5.74) is 6.34. The number of nitrogens with two attached hydrogens (primary N) is 1. The van der Waals surface area contributed by atoms with Gasteiger partial charge in [0.2, 0.25) is 0 Å². The lowest BCUT2D eigenvalue weighted by Crippen LogP contribution is -2.24. The van der Waals surface area contributed by atoms with E-state index >= 15 is 0 Å². The van der Waals surface area contributed by atoms with Crippen LogP contribution in [0, 0.1) is 5.92 Å². The highest BCUT2D eigenvalue weighted by Crippen LogP contribution is 2.14. The van der Waals surface area contributed by atoms with Gasteiger partial charge in [-0.25, -0.2) is 0 Å². The van der Waals surface area contributed by atoms with Crippen molar-refractivity contribution in [2.75, 3.05) is 6.54 Å². The van der Waals surface area contributed by atoms with Crippen LogP contribution in [0.1, 0.15) is 18.9 Å². The molecule has 0 saturated carbocycles. The predicted molar refractivity (Wildman–Crippen MR) is 59.7 cm³/mol. The molecule has 3 nitrogen and oxygen atoms in total. The Kier molecular flexibility index (Phi) is 4.31. The van der Waals surface area contributed by atoms with Gasteiger partial charge in [-0.2, -0.15) is 0 Å². The van der Waals surface area contributed by atoms with Crippen molar-refractivity contribution in [3.63, 3.8) is 0 Å². The summed E-state index contributed by atoms with van der Waals surface area (Å²) >= 11 is 0. The van der Waals surface area contributed by atoms with Crippen molar-refractivity contribution in [2.45, 2.75) is 19.8 Å². The minimum atomic E-state index is -0.0626. The molecule has 0 saturated heterocycles. The Morgan fingerprint density at radius 2 is 2.27 bits per heavy atom. The highest BCUT2D eigenvalue weighted by atomic mass is 16.3. The SMILES string of the molecule is CCC(CN)C(=O)Cc1cccc(O)c1. The predicted octanol–water partition coefficient (Wildman–Crippen LogP) is 1.49. The van der Waals surface area contributed by atoms with Gasteiger partial charge in [0.05, 0.1) is 0 Å². The van der Waals surface area contributed by atoms with Crippen LogP contribution in [-0.2, 0) is 11.2 Å². The standard InChI is InChI=1S/C12H17NO2/c1-2-10(8-13)12(15)7-9-4-3-5-11(14)6-9/h3-6,10,14H,2,7-8,13H2,1H3. The van der Waals surface area contributed by atoms with Gasteiger partial charge in [0.15, 0.2) is 0 Å². The van der Waals surface area contributed by atoms with Crippen molar-refractivity contribution < 1.29 is 9.90 Å². The van der Waals surface area contributed by atoms with Gasteiger partial charge in [0.25, 0.3) is 0 Å². The van der Waals surface area contributed by atoms with Crippen molar-refractivity contribution in [2.24, 2.45) is 11.7 Å². The number of phenols is 1. The van der Waals surface area contributed by atoms with Crippen LogP contribution in [0.2, 0.25) is 0 Å². The van der Waals surface area contributed by atoms with E-state index in [1.165, 1.54) is 0 Å². The second-order valence-corrected chi connectivity index (χ2v) is 3.65. The van der Waals surface area contributed by atoms with Gasteiger partial charge >= 0.3 is 0 Å². The Hall–Kier alpha value is -1.35. The lowest BCUT2D eigenvalue weighted by atomic mass is 9.96. The number of benzene rings is 1. The normalized spacial score (nSPS) is 12.4. The van der Waals surface area contributed by atoms with E-state index in [2.05, 4.69) is 0 Å². The van der Waals surface area contributed by atoms with Crippen LogP contribution in [0.3, 0.4) is 0 Å². The molecule has 3 heteroatoms. The summed E-state index contributed by atoms with van der Waals surface area (Å²) in [5, 5.41) is 9.24. The molecule has 0 aromatic heterocycles. The molecular weight excluding hydrogens is 190 g/mol. The third-order valence-corrected chi connectivity index (χ3v) is 2.52. The highest BCUT2D eigenvalue weighted by molar-refractivity contribution is 5.83. The zero-order chi connectivity index (χ0) is 11.3. The van der Waals surface area contributed by atoms with Crippen LogP contribution in [0.5, 0.6) is 5.75 Å². The molecule has 1 aromatic rings. The molecule has 0 bridgehead atoms. The Morgan fingerprint density at radius 1 is 1.53 bits per heavy atom. The third-order valence-electron chi connectivity index (χ3n) is 2.52. The summed E-state index contributed by atoms with van der Waals surface area (Å²) in [6, 6.07) is 6.78. The quantitative estimate of drug-likeness (QED) is 0.768. The largest absolute Gasteiger partial charge is 0.508 e. The second-order valence-electron chi connectivity index (χ2n) is 3.65. The van der Waals surface area contributed by atoms with Crippen molar-refractivity contribution in [1.82, 2.24) is 0 Å². The first-order chi connectivity index (χ1) is 7.17. The molecule has 1 atom stereocenters. The maximum atomic E-state index is 11.7. The number of carbonyl (C=O) groups excluding carboxylic acids is 1. The molecule has 82 valence electrons. The molecule has 0 aliphatic rings. The van der Waals surface area contributed by atoms with Crippen LogP contribution in [0.25, 0.3) is 0 Å². The molecule has 0 heterocycles. The first-order valence-electron chi connectivity index (χ1n) is 5.18. The summed E-state index contributed by atoms with van der Waals surface area (Å²) in [6.07, 6.45) is 1.12. The summed E-state index contributed by atoms with van der Waals surface area (Å²) in [5.74, 6) is 0.277. The zero-order valence-corrected chi connectivity index (χ0v) is 8.94. The van der Waals surface area contributed by atoms with Crippen LogP contribution in [-0.4, -0.2) is 17.4 Å². The molecule has 0 radical (unpaired) electrons.